The van der Waals surface area contributed by atoms with E-state index in [1.54, 1.807) is 0 Å². The molecule has 5 atom stereocenters. The summed E-state index contributed by atoms with van der Waals surface area (Å²) >= 11 is 0. The lowest BCUT2D eigenvalue weighted by Gasteiger charge is -2.06. The Bertz CT molecular complexity index is 270. The standard InChI is InChI=1S/C9H13NO2.ClH/c1-12-8(11)9-3-4-2-5(9)6(9)7(4)10;/h4-7H,2-3,10H2,1H3;1H. The molecule has 4 aliphatic carbocycles. The molecule has 0 aromatic rings. The Kier molecular flexibility index (Phi) is 1.71. The number of hydrogen-bond donors (Lipinski definition) is 1. The molecule has 4 bridgehead atoms. The highest BCUT2D eigenvalue weighted by molar-refractivity contribution is 5.85. The fourth-order valence-corrected chi connectivity index (χ4v) is 3.80. The van der Waals surface area contributed by atoms with E-state index >= 15 is 0 Å². The minimum absolute atomic E-state index is 0. The first-order chi connectivity index (χ1) is 5.71. The van der Waals surface area contributed by atoms with Gasteiger partial charge in [-0.05, 0) is 30.6 Å². The Labute approximate surface area is 83.4 Å². The molecular weight excluding hydrogens is 190 g/mol. The smallest absolute Gasteiger partial charge is 0.312 e. The average Bonchev–Trinajstić information content (AvgIpc) is 2.44. The van der Waals surface area contributed by atoms with Crippen molar-refractivity contribution in [1.82, 2.24) is 0 Å². The van der Waals surface area contributed by atoms with Crippen LogP contribution in [-0.4, -0.2) is 19.1 Å². The van der Waals surface area contributed by atoms with Crippen LogP contribution in [0.5, 0.6) is 0 Å². The number of halogens is 1. The van der Waals surface area contributed by atoms with E-state index in [1.165, 1.54) is 13.5 Å². The molecule has 3 nitrogen and oxygen atoms in total. The molecule has 74 valence electrons. The van der Waals surface area contributed by atoms with E-state index in [9.17, 15) is 4.79 Å². The summed E-state index contributed by atoms with van der Waals surface area (Å²) in [6.45, 7) is 0. The third kappa shape index (κ3) is 0.739. The Morgan fingerprint density at radius 3 is 2.62 bits per heavy atom. The average molecular weight is 204 g/mol. The molecule has 0 aliphatic heterocycles. The van der Waals surface area contributed by atoms with Gasteiger partial charge in [0, 0.05) is 6.04 Å². The number of methoxy groups -OCH3 is 1. The number of carbonyl (C=O) groups is 1. The first-order valence-electron chi connectivity index (χ1n) is 4.56. The van der Waals surface area contributed by atoms with Crippen LogP contribution in [0, 0.1) is 23.2 Å². The monoisotopic (exact) mass is 203 g/mol. The molecule has 4 aliphatic rings. The van der Waals surface area contributed by atoms with Gasteiger partial charge in [-0.15, -0.1) is 12.4 Å². The van der Waals surface area contributed by atoms with Crippen molar-refractivity contribution in [3.05, 3.63) is 0 Å². The van der Waals surface area contributed by atoms with Crippen molar-refractivity contribution in [2.45, 2.75) is 18.9 Å². The van der Waals surface area contributed by atoms with Gasteiger partial charge < -0.3 is 10.5 Å². The maximum atomic E-state index is 11.5. The molecule has 13 heavy (non-hydrogen) atoms. The van der Waals surface area contributed by atoms with E-state index in [1.807, 2.05) is 0 Å². The highest BCUT2D eigenvalue weighted by atomic mass is 35.5. The Morgan fingerprint density at radius 2 is 2.31 bits per heavy atom. The molecule has 0 radical (unpaired) electrons. The maximum Gasteiger partial charge on any atom is 0.312 e. The minimum atomic E-state index is -0.112. The Morgan fingerprint density at radius 1 is 1.62 bits per heavy atom. The maximum absolute atomic E-state index is 11.5. The molecule has 4 heteroatoms. The summed E-state index contributed by atoms with van der Waals surface area (Å²) in [7, 11) is 1.48. The SMILES string of the molecule is COC(=O)C12CC3CC1C2C3N.Cl. The first-order valence-corrected chi connectivity index (χ1v) is 4.56. The summed E-state index contributed by atoms with van der Waals surface area (Å²) in [5.41, 5.74) is 5.86. The van der Waals surface area contributed by atoms with E-state index < -0.39 is 0 Å². The van der Waals surface area contributed by atoms with Crippen LogP contribution >= 0.6 is 12.4 Å². The normalized spacial score (nSPS) is 54.3. The van der Waals surface area contributed by atoms with Gasteiger partial charge >= 0.3 is 5.97 Å². The first kappa shape index (κ1) is 9.28. The molecular formula is C9H14ClNO2. The third-order valence-electron chi connectivity index (χ3n) is 4.26. The van der Waals surface area contributed by atoms with Crippen LogP contribution in [0.25, 0.3) is 0 Å². The van der Waals surface area contributed by atoms with Crippen LogP contribution in [0.1, 0.15) is 12.8 Å². The van der Waals surface area contributed by atoms with Crippen molar-refractivity contribution in [2.75, 3.05) is 7.11 Å². The van der Waals surface area contributed by atoms with E-state index in [0.29, 0.717) is 17.8 Å². The Balaban J connectivity index is 0.000000653. The van der Waals surface area contributed by atoms with Crippen molar-refractivity contribution in [3.8, 4) is 0 Å². The fourth-order valence-electron chi connectivity index (χ4n) is 3.80. The van der Waals surface area contributed by atoms with E-state index in [2.05, 4.69) is 0 Å². The second-order valence-corrected chi connectivity index (χ2v) is 4.44. The van der Waals surface area contributed by atoms with Crippen LogP contribution in [0.15, 0.2) is 0 Å². The van der Waals surface area contributed by atoms with Crippen molar-refractivity contribution in [3.63, 3.8) is 0 Å². The van der Waals surface area contributed by atoms with Gasteiger partial charge in [0.25, 0.3) is 0 Å². The highest BCUT2D eigenvalue weighted by Gasteiger charge is 2.82. The molecule has 0 aromatic carbocycles. The summed E-state index contributed by atoms with van der Waals surface area (Å²) in [6.07, 6.45) is 2.16. The van der Waals surface area contributed by atoms with Gasteiger partial charge in [0.05, 0.1) is 12.5 Å². The van der Waals surface area contributed by atoms with Gasteiger partial charge in [-0.25, -0.2) is 0 Å². The van der Waals surface area contributed by atoms with Gasteiger partial charge in [0.2, 0.25) is 0 Å². The van der Waals surface area contributed by atoms with Gasteiger partial charge in [-0.2, -0.15) is 0 Å². The van der Waals surface area contributed by atoms with Crippen LogP contribution in [-0.2, 0) is 9.53 Å². The molecule has 5 unspecified atom stereocenters. The van der Waals surface area contributed by atoms with E-state index in [-0.39, 0.29) is 29.8 Å². The number of esters is 1. The highest BCUT2D eigenvalue weighted by Crippen LogP contribution is 2.78. The van der Waals surface area contributed by atoms with Gasteiger partial charge in [0.15, 0.2) is 0 Å². The second-order valence-electron chi connectivity index (χ2n) is 4.44. The predicted octanol–water partition coefficient (Wildman–Crippen LogP) is 0.564. The van der Waals surface area contributed by atoms with Gasteiger partial charge in [-0.3, -0.25) is 4.79 Å². The van der Waals surface area contributed by atoms with Crippen molar-refractivity contribution < 1.29 is 9.53 Å². The lowest BCUT2D eigenvalue weighted by Crippen LogP contribution is -2.24. The lowest BCUT2D eigenvalue weighted by molar-refractivity contribution is -0.147. The van der Waals surface area contributed by atoms with Gasteiger partial charge in [0.1, 0.15) is 0 Å². The molecule has 0 aromatic heterocycles. The number of carbonyl (C=O) groups excluding carboxylic acids is 1. The van der Waals surface area contributed by atoms with Crippen molar-refractivity contribution in [2.24, 2.45) is 28.9 Å². The zero-order valence-corrected chi connectivity index (χ0v) is 8.34. The lowest BCUT2D eigenvalue weighted by atomic mass is 10.1. The van der Waals surface area contributed by atoms with Crippen LogP contribution in [0.2, 0.25) is 0 Å². The molecule has 0 amide bonds. The number of ether oxygens (including phenoxy) is 1. The molecule has 2 N–H and O–H groups in total. The Hall–Kier alpha value is -0.280. The van der Waals surface area contributed by atoms with E-state index in [0.717, 1.165) is 6.42 Å². The quantitative estimate of drug-likeness (QED) is 0.634. The van der Waals surface area contributed by atoms with Crippen LogP contribution in [0.4, 0.5) is 0 Å². The third-order valence-corrected chi connectivity index (χ3v) is 4.26. The summed E-state index contributed by atoms with van der Waals surface area (Å²) < 4.78 is 4.83. The van der Waals surface area contributed by atoms with Crippen LogP contribution in [0.3, 0.4) is 0 Å². The van der Waals surface area contributed by atoms with Crippen LogP contribution < -0.4 is 5.73 Å². The molecule has 0 spiro atoms. The topological polar surface area (TPSA) is 52.3 Å². The van der Waals surface area contributed by atoms with Gasteiger partial charge in [-0.1, -0.05) is 0 Å². The van der Waals surface area contributed by atoms with E-state index in [4.69, 9.17) is 10.5 Å². The molecule has 0 saturated heterocycles. The molecule has 4 rings (SSSR count). The van der Waals surface area contributed by atoms with Crippen molar-refractivity contribution in [1.29, 1.82) is 0 Å². The number of hydrogen-bond acceptors (Lipinski definition) is 3. The zero-order chi connectivity index (χ0) is 8.51. The summed E-state index contributed by atoms with van der Waals surface area (Å²) in [5.74, 6) is 1.65. The minimum Gasteiger partial charge on any atom is -0.469 e. The molecule has 0 heterocycles. The number of nitrogens with two attached hydrogens (primary N) is 1. The predicted molar refractivity (Wildman–Crippen MR) is 49.4 cm³/mol. The van der Waals surface area contributed by atoms with Crippen molar-refractivity contribution >= 4 is 18.4 Å². The zero-order valence-electron chi connectivity index (χ0n) is 7.53. The molecule has 4 fully saturated rings. The largest absolute Gasteiger partial charge is 0.469 e. The second kappa shape index (κ2) is 2.39. The summed E-state index contributed by atoms with van der Waals surface area (Å²) in [6, 6.07) is 0.286. The summed E-state index contributed by atoms with van der Waals surface area (Å²) in [5, 5.41) is 0. The molecule has 4 saturated carbocycles. The fraction of sp³-hybridized carbons (Fsp3) is 0.889. The number of rotatable bonds is 1. The summed E-state index contributed by atoms with van der Waals surface area (Å²) in [4.78, 5) is 11.5.